The Kier molecular flexibility index (Phi) is 2.14. The van der Waals surface area contributed by atoms with Crippen molar-refractivity contribution in [1.82, 2.24) is 9.97 Å². The standard InChI is InChI=1S/C11H10N2O4/c1-15-11(14)6-4-7-8(13-5-12-7)10-9(6)16-2-3-17-10/h4-5H,2-3H2,1H3,(H,12,13). The number of rotatable bonds is 1. The summed E-state index contributed by atoms with van der Waals surface area (Å²) in [6.45, 7) is 0.854. The van der Waals surface area contributed by atoms with Crippen LogP contribution in [0.3, 0.4) is 0 Å². The molecule has 3 rings (SSSR count). The van der Waals surface area contributed by atoms with E-state index in [1.54, 1.807) is 12.4 Å². The van der Waals surface area contributed by atoms with Crippen LogP contribution in [0, 0.1) is 0 Å². The number of aromatic nitrogens is 2. The molecule has 0 amide bonds. The summed E-state index contributed by atoms with van der Waals surface area (Å²) >= 11 is 0. The Hall–Kier alpha value is -2.24. The summed E-state index contributed by atoms with van der Waals surface area (Å²) in [5.74, 6) is 0.446. The Labute approximate surface area is 96.5 Å². The molecule has 1 aromatic heterocycles. The number of hydrogen-bond acceptors (Lipinski definition) is 5. The number of esters is 1. The van der Waals surface area contributed by atoms with E-state index in [-0.39, 0.29) is 0 Å². The third kappa shape index (κ3) is 1.41. The highest BCUT2D eigenvalue weighted by Gasteiger charge is 2.25. The van der Waals surface area contributed by atoms with Crippen LogP contribution in [0.15, 0.2) is 12.4 Å². The summed E-state index contributed by atoms with van der Waals surface area (Å²) in [4.78, 5) is 18.7. The molecule has 6 heteroatoms. The largest absolute Gasteiger partial charge is 0.485 e. The lowest BCUT2D eigenvalue weighted by molar-refractivity contribution is 0.0591. The molecule has 1 aliphatic rings. The van der Waals surface area contributed by atoms with Gasteiger partial charge in [0.25, 0.3) is 0 Å². The number of aromatic amines is 1. The van der Waals surface area contributed by atoms with Crippen LogP contribution in [-0.2, 0) is 4.74 Å². The third-order valence-electron chi connectivity index (χ3n) is 2.60. The number of imidazole rings is 1. The first-order valence-corrected chi connectivity index (χ1v) is 5.15. The molecule has 1 N–H and O–H groups in total. The second kappa shape index (κ2) is 3.65. The number of fused-ring (bicyclic) bond motifs is 3. The molecule has 0 fully saturated rings. The molecule has 6 nitrogen and oxygen atoms in total. The van der Waals surface area contributed by atoms with Crippen molar-refractivity contribution in [2.75, 3.05) is 20.3 Å². The van der Waals surface area contributed by atoms with Gasteiger partial charge in [0.05, 0.1) is 19.0 Å². The predicted molar refractivity (Wildman–Crippen MR) is 58.4 cm³/mol. The fourth-order valence-corrected chi connectivity index (χ4v) is 1.86. The minimum Gasteiger partial charge on any atom is -0.485 e. The third-order valence-corrected chi connectivity index (χ3v) is 2.60. The Morgan fingerprint density at radius 3 is 2.94 bits per heavy atom. The highest BCUT2D eigenvalue weighted by molar-refractivity contribution is 6.00. The van der Waals surface area contributed by atoms with E-state index in [0.29, 0.717) is 35.8 Å². The van der Waals surface area contributed by atoms with Gasteiger partial charge >= 0.3 is 5.97 Å². The number of methoxy groups -OCH3 is 1. The second-order valence-corrected chi connectivity index (χ2v) is 3.57. The average Bonchev–Trinajstić information content (AvgIpc) is 2.85. The van der Waals surface area contributed by atoms with E-state index >= 15 is 0 Å². The molecule has 0 spiro atoms. The molecule has 0 unspecified atom stereocenters. The van der Waals surface area contributed by atoms with Gasteiger partial charge in [0.2, 0.25) is 0 Å². The minimum absolute atomic E-state index is 0.346. The summed E-state index contributed by atoms with van der Waals surface area (Å²) in [6.07, 6.45) is 1.55. The van der Waals surface area contributed by atoms with Crippen molar-refractivity contribution in [3.8, 4) is 11.5 Å². The van der Waals surface area contributed by atoms with Crippen LogP contribution in [0.5, 0.6) is 11.5 Å². The van der Waals surface area contributed by atoms with Gasteiger partial charge in [-0.05, 0) is 6.07 Å². The maximum atomic E-state index is 11.7. The van der Waals surface area contributed by atoms with Gasteiger partial charge in [-0.2, -0.15) is 0 Å². The van der Waals surface area contributed by atoms with Crippen LogP contribution < -0.4 is 9.47 Å². The van der Waals surface area contributed by atoms with Crippen LogP contribution in [0.2, 0.25) is 0 Å². The molecule has 17 heavy (non-hydrogen) atoms. The Morgan fingerprint density at radius 1 is 1.41 bits per heavy atom. The van der Waals surface area contributed by atoms with E-state index in [4.69, 9.17) is 14.2 Å². The van der Waals surface area contributed by atoms with Crippen LogP contribution in [0.1, 0.15) is 10.4 Å². The molecule has 1 aromatic carbocycles. The van der Waals surface area contributed by atoms with Crippen LogP contribution in [0.4, 0.5) is 0 Å². The van der Waals surface area contributed by atoms with Crippen molar-refractivity contribution in [3.05, 3.63) is 18.0 Å². The maximum Gasteiger partial charge on any atom is 0.341 e. The topological polar surface area (TPSA) is 73.4 Å². The zero-order chi connectivity index (χ0) is 11.8. The number of hydrogen-bond donors (Lipinski definition) is 1. The molecule has 0 saturated carbocycles. The maximum absolute atomic E-state index is 11.7. The van der Waals surface area contributed by atoms with Gasteiger partial charge in [-0.1, -0.05) is 0 Å². The highest BCUT2D eigenvalue weighted by atomic mass is 16.6. The fraction of sp³-hybridized carbons (Fsp3) is 0.273. The summed E-state index contributed by atoms with van der Waals surface area (Å²) in [7, 11) is 1.33. The molecule has 0 aliphatic carbocycles. The SMILES string of the molecule is COC(=O)c1cc2[nH]cnc2c2c1OCCO2. The van der Waals surface area contributed by atoms with Gasteiger partial charge in [-0.25, -0.2) is 9.78 Å². The minimum atomic E-state index is -0.455. The van der Waals surface area contributed by atoms with E-state index in [2.05, 4.69) is 9.97 Å². The van der Waals surface area contributed by atoms with E-state index in [1.807, 2.05) is 0 Å². The lowest BCUT2D eigenvalue weighted by Crippen LogP contribution is -2.18. The lowest BCUT2D eigenvalue weighted by Gasteiger charge is -2.20. The molecule has 0 atom stereocenters. The first-order valence-electron chi connectivity index (χ1n) is 5.15. The number of carbonyl (C=O) groups is 1. The van der Waals surface area contributed by atoms with E-state index in [9.17, 15) is 4.79 Å². The summed E-state index contributed by atoms with van der Waals surface area (Å²) < 4.78 is 15.7. The van der Waals surface area contributed by atoms with Crippen molar-refractivity contribution in [2.24, 2.45) is 0 Å². The molecule has 2 aromatic rings. The van der Waals surface area contributed by atoms with Crippen molar-refractivity contribution in [3.63, 3.8) is 0 Å². The van der Waals surface area contributed by atoms with Crippen LogP contribution in [-0.4, -0.2) is 36.3 Å². The predicted octanol–water partition coefficient (Wildman–Crippen LogP) is 1.12. The van der Waals surface area contributed by atoms with Crippen molar-refractivity contribution in [1.29, 1.82) is 0 Å². The lowest BCUT2D eigenvalue weighted by atomic mass is 10.1. The van der Waals surface area contributed by atoms with Gasteiger partial charge in [0.15, 0.2) is 11.5 Å². The van der Waals surface area contributed by atoms with E-state index in [1.165, 1.54) is 7.11 Å². The fourth-order valence-electron chi connectivity index (χ4n) is 1.86. The quantitative estimate of drug-likeness (QED) is 0.748. The van der Waals surface area contributed by atoms with Crippen LogP contribution in [0.25, 0.3) is 11.0 Å². The van der Waals surface area contributed by atoms with Crippen molar-refractivity contribution >= 4 is 17.0 Å². The number of H-pyrrole nitrogens is 1. The normalized spacial score (nSPS) is 13.7. The molecule has 2 heterocycles. The number of nitrogens with zero attached hydrogens (tertiary/aromatic N) is 1. The first kappa shape index (κ1) is 9.95. The number of benzene rings is 1. The zero-order valence-electron chi connectivity index (χ0n) is 9.15. The molecular formula is C11H10N2O4. The van der Waals surface area contributed by atoms with Gasteiger partial charge in [-0.3, -0.25) is 0 Å². The van der Waals surface area contributed by atoms with Crippen LogP contribution >= 0.6 is 0 Å². The summed E-state index contributed by atoms with van der Waals surface area (Å²) in [5.41, 5.74) is 1.72. The Balaban J connectivity index is 2.30. The second-order valence-electron chi connectivity index (χ2n) is 3.57. The Bertz CT molecular complexity index is 590. The summed E-state index contributed by atoms with van der Waals surface area (Å²) in [6, 6.07) is 1.65. The Morgan fingerprint density at radius 2 is 2.18 bits per heavy atom. The highest BCUT2D eigenvalue weighted by Crippen LogP contribution is 2.39. The van der Waals surface area contributed by atoms with E-state index < -0.39 is 5.97 Å². The van der Waals surface area contributed by atoms with Gasteiger partial charge < -0.3 is 19.2 Å². The molecule has 1 aliphatic heterocycles. The number of nitrogens with one attached hydrogen (secondary N) is 1. The number of carbonyl (C=O) groups excluding carboxylic acids is 1. The molecular weight excluding hydrogens is 224 g/mol. The summed E-state index contributed by atoms with van der Waals surface area (Å²) in [5, 5.41) is 0. The number of ether oxygens (including phenoxy) is 3. The molecule has 0 radical (unpaired) electrons. The van der Waals surface area contributed by atoms with Gasteiger partial charge in [0.1, 0.15) is 24.3 Å². The van der Waals surface area contributed by atoms with Crippen molar-refractivity contribution in [2.45, 2.75) is 0 Å². The molecule has 0 saturated heterocycles. The first-order chi connectivity index (χ1) is 8.31. The van der Waals surface area contributed by atoms with Gasteiger partial charge in [-0.15, -0.1) is 0 Å². The molecule has 0 bridgehead atoms. The zero-order valence-corrected chi connectivity index (χ0v) is 9.15. The average molecular weight is 234 g/mol. The molecule has 88 valence electrons. The van der Waals surface area contributed by atoms with Gasteiger partial charge in [0, 0.05) is 0 Å². The monoisotopic (exact) mass is 234 g/mol. The van der Waals surface area contributed by atoms with E-state index in [0.717, 1.165) is 5.52 Å². The van der Waals surface area contributed by atoms with Crippen molar-refractivity contribution < 1.29 is 19.0 Å². The smallest absolute Gasteiger partial charge is 0.341 e.